The molecule has 1 aromatic heterocycles. The zero-order chi connectivity index (χ0) is 10.0. The van der Waals surface area contributed by atoms with E-state index in [9.17, 15) is 5.11 Å². The second-order valence-electron chi connectivity index (χ2n) is 3.67. The highest BCUT2D eigenvalue weighted by Crippen LogP contribution is 2.25. The minimum Gasteiger partial charge on any atom is -0.387 e. The molecule has 3 heteroatoms. The van der Waals surface area contributed by atoms with E-state index in [-0.39, 0.29) is 5.92 Å². The lowest BCUT2D eigenvalue weighted by Gasteiger charge is -2.18. The van der Waals surface area contributed by atoms with Crippen molar-refractivity contribution in [3.05, 3.63) is 17.5 Å². The second-order valence-corrected chi connectivity index (χ2v) is 3.67. The van der Waals surface area contributed by atoms with Crippen LogP contribution < -0.4 is 0 Å². The van der Waals surface area contributed by atoms with Gasteiger partial charge in [0.25, 0.3) is 0 Å². The Morgan fingerprint density at radius 2 is 2.23 bits per heavy atom. The molecule has 1 heterocycles. The summed E-state index contributed by atoms with van der Waals surface area (Å²) >= 11 is 0. The number of nitrogens with zero attached hydrogens (tertiary/aromatic N) is 2. The molecule has 2 atom stereocenters. The summed E-state index contributed by atoms with van der Waals surface area (Å²) in [6.45, 7) is 6.12. The van der Waals surface area contributed by atoms with E-state index in [1.54, 1.807) is 10.9 Å². The van der Waals surface area contributed by atoms with Crippen molar-refractivity contribution in [1.82, 2.24) is 9.78 Å². The van der Waals surface area contributed by atoms with Crippen LogP contribution in [0.4, 0.5) is 0 Å². The highest BCUT2D eigenvalue weighted by atomic mass is 16.3. The average molecular weight is 182 g/mol. The molecule has 0 spiro atoms. The van der Waals surface area contributed by atoms with Crippen molar-refractivity contribution in [2.45, 2.75) is 33.3 Å². The molecular formula is C10H18N2O. The smallest absolute Gasteiger partial charge is 0.0984 e. The Kier molecular flexibility index (Phi) is 3.09. The molecule has 13 heavy (non-hydrogen) atoms. The van der Waals surface area contributed by atoms with Gasteiger partial charge in [0.15, 0.2) is 0 Å². The van der Waals surface area contributed by atoms with Crippen LogP contribution in [0, 0.1) is 12.8 Å². The van der Waals surface area contributed by atoms with Gasteiger partial charge in [0.2, 0.25) is 0 Å². The van der Waals surface area contributed by atoms with Crippen molar-refractivity contribution >= 4 is 0 Å². The summed E-state index contributed by atoms with van der Waals surface area (Å²) in [7, 11) is 1.87. The average Bonchev–Trinajstić information content (AvgIpc) is 2.44. The first-order chi connectivity index (χ1) is 6.07. The van der Waals surface area contributed by atoms with E-state index in [1.165, 1.54) is 0 Å². The molecular weight excluding hydrogens is 164 g/mol. The monoisotopic (exact) mass is 182 g/mol. The zero-order valence-corrected chi connectivity index (χ0v) is 8.78. The summed E-state index contributed by atoms with van der Waals surface area (Å²) in [6.07, 6.45) is 2.38. The molecule has 0 aromatic carbocycles. The molecule has 1 rings (SSSR count). The Morgan fingerprint density at radius 3 is 2.62 bits per heavy atom. The molecule has 0 fully saturated rings. The standard InChI is InChI=1S/C10H18N2O/c1-5-7(2)10(13)9-8(3)6-11-12(9)4/h6-7,10,13H,5H2,1-4H3. The van der Waals surface area contributed by atoms with E-state index >= 15 is 0 Å². The molecule has 0 aliphatic carbocycles. The van der Waals surface area contributed by atoms with Gasteiger partial charge in [-0.15, -0.1) is 0 Å². The van der Waals surface area contributed by atoms with E-state index in [0.717, 1.165) is 17.7 Å². The first-order valence-corrected chi connectivity index (χ1v) is 4.74. The highest BCUT2D eigenvalue weighted by molar-refractivity contribution is 5.18. The fraction of sp³-hybridized carbons (Fsp3) is 0.700. The number of hydrogen-bond donors (Lipinski definition) is 1. The van der Waals surface area contributed by atoms with Crippen LogP contribution in [0.2, 0.25) is 0 Å². The van der Waals surface area contributed by atoms with Gasteiger partial charge in [0.05, 0.1) is 18.0 Å². The van der Waals surface area contributed by atoms with Gasteiger partial charge in [-0.3, -0.25) is 4.68 Å². The molecule has 1 aromatic rings. The molecule has 0 aliphatic heterocycles. The van der Waals surface area contributed by atoms with Crippen LogP contribution in [0.25, 0.3) is 0 Å². The SMILES string of the molecule is CCC(C)C(O)c1c(C)cnn1C. The number of aromatic nitrogens is 2. The number of rotatable bonds is 3. The number of aryl methyl sites for hydroxylation is 2. The molecule has 0 radical (unpaired) electrons. The molecule has 0 saturated carbocycles. The maximum absolute atomic E-state index is 9.98. The summed E-state index contributed by atoms with van der Waals surface area (Å²) in [5, 5.41) is 14.1. The Morgan fingerprint density at radius 1 is 1.62 bits per heavy atom. The fourth-order valence-corrected chi connectivity index (χ4v) is 1.47. The second kappa shape index (κ2) is 3.92. The van der Waals surface area contributed by atoms with Crippen molar-refractivity contribution in [2.24, 2.45) is 13.0 Å². The summed E-state index contributed by atoms with van der Waals surface area (Å²) < 4.78 is 1.76. The van der Waals surface area contributed by atoms with E-state index in [2.05, 4.69) is 18.9 Å². The number of aliphatic hydroxyl groups excluding tert-OH is 1. The Balaban J connectivity index is 2.93. The van der Waals surface area contributed by atoms with Crippen molar-refractivity contribution in [2.75, 3.05) is 0 Å². The lowest BCUT2D eigenvalue weighted by atomic mass is 9.97. The van der Waals surface area contributed by atoms with Crippen molar-refractivity contribution in [1.29, 1.82) is 0 Å². The van der Waals surface area contributed by atoms with Gasteiger partial charge < -0.3 is 5.11 Å². The number of aliphatic hydroxyl groups is 1. The molecule has 2 unspecified atom stereocenters. The van der Waals surface area contributed by atoms with Gasteiger partial charge in [-0.05, 0) is 18.4 Å². The quantitative estimate of drug-likeness (QED) is 0.774. The predicted octanol–water partition coefficient (Wildman–Crippen LogP) is 1.81. The lowest BCUT2D eigenvalue weighted by Crippen LogP contribution is -2.13. The normalized spacial score (nSPS) is 15.8. The Bertz CT molecular complexity index is 261. The minimum atomic E-state index is -0.391. The third-order valence-electron chi connectivity index (χ3n) is 2.64. The maximum Gasteiger partial charge on any atom is 0.0984 e. The van der Waals surface area contributed by atoms with Gasteiger partial charge in [-0.25, -0.2) is 0 Å². The predicted molar refractivity (Wildman–Crippen MR) is 52.4 cm³/mol. The summed E-state index contributed by atoms with van der Waals surface area (Å²) in [5.74, 6) is 0.286. The maximum atomic E-state index is 9.98. The Hall–Kier alpha value is -0.830. The van der Waals surface area contributed by atoms with Crippen LogP contribution in [-0.2, 0) is 7.05 Å². The van der Waals surface area contributed by atoms with Crippen LogP contribution in [-0.4, -0.2) is 14.9 Å². The zero-order valence-electron chi connectivity index (χ0n) is 8.78. The minimum absolute atomic E-state index is 0.286. The van der Waals surface area contributed by atoms with Crippen LogP contribution in [0.1, 0.15) is 37.6 Å². The first-order valence-electron chi connectivity index (χ1n) is 4.74. The lowest BCUT2D eigenvalue weighted by molar-refractivity contribution is 0.106. The van der Waals surface area contributed by atoms with Crippen LogP contribution >= 0.6 is 0 Å². The molecule has 0 aliphatic rings. The molecule has 0 bridgehead atoms. The van der Waals surface area contributed by atoms with E-state index < -0.39 is 6.10 Å². The summed E-state index contributed by atoms with van der Waals surface area (Å²) in [4.78, 5) is 0. The van der Waals surface area contributed by atoms with Crippen LogP contribution in [0.5, 0.6) is 0 Å². The largest absolute Gasteiger partial charge is 0.387 e. The van der Waals surface area contributed by atoms with E-state index in [1.807, 2.05) is 14.0 Å². The highest BCUT2D eigenvalue weighted by Gasteiger charge is 2.19. The Labute approximate surface area is 79.4 Å². The van der Waals surface area contributed by atoms with Gasteiger partial charge in [-0.1, -0.05) is 20.3 Å². The fourth-order valence-electron chi connectivity index (χ4n) is 1.47. The molecule has 0 saturated heterocycles. The van der Waals surface area contributed by atoms with Gasteiger partial charge >= 0.3 is 0 Å². The van der Waals surface area contributed by atoms with Gasteiger partial charge in [0.1, 0.15) is 0 Å². The van der Waals surface area contributed by atoms with E-state index in [0.29, 0.717) is 0 Å². The first kappa shape index (κ1) is 10.3. The van der Waals surface area contributed by atoms with Crippen LogP contribution in [0.3, 0.4) is 0 Å². The van der Waals surface area contributed by atoms with E-state index in [4.69, 9.17) is 0 Å². The van der Waals surface area contributed by atoms with Crippen LogP contribution in [0.15, 0.2) is 6.20 Å². The van der Waals surface area contributed by atoms with Crippen molar-refractivity contribution < 1.29 is 5.11 Å². The molecule has 0 amide bonds. The van der Waals surface area contributed by atoms with Gasteiger partial charge in [-0.2, -0.15) is 5.10 Å². The van der Waals surface area contributed by atoms with Crippen molar-refractivity contribution in [3.8, 4) is 0 Å². The topological polar surface area (TPSA) is 38.1 Å². The molecule has 1 N–H and O–H groups in total. The molecule has 3 nitrogen and oxygen atoms in total. The number of hydrogen-bond acceptors (Lipinski definition) is 2. The van der Waals surface area contributed by atoms with Gasteiger partial charge in [0, 0.05) is 7.05 Å². The summed E-state index contributed by atoms with van der Waals surface area (Å²) in [6, 6.07) is 0. The molecule has 74 valence electrons. The third-order valence-corrected chi connectivity index (χ3v) is 2.64. The summed E-state index contributed by atoms with van der Waals surface area (Å²) in [5.41, 5.74) is 2.00. The third kappa shape index (κ3) is 1.91. The van der Waals surface area contributed by atoms with Crippen molar-refractivity contribution in [3.63, 3.8) is 0 Å².